The van der Waals surface area contributed by atoms with Gasteiger partial charge in [-0.2, -0.15) is 0 Å². The lowest BCUT2D eigenvalue weighted by molar-refractivity contribution is -0.140. The number of carbonyl (C=O) groups is 1. The SMILES string of the molecule is C=C(C)[C@@]1(C)CCC[C@H]2C=C(C)[C@H](OC(=O)Nc3ccccc3)C[C@@]21O. The summed E-state index contributed by atoms with van der Waals surface area (Å²) in [7, 11) is 0. The molecule has 1 aromatic rings. The van der Waals surface area contributed by atoms with Gasteiger partial charge in [-0.15, -0.1) is 0 Å². The number of amides is 1. The van der Waals surface area contributed by atoms with Gasteiger partial charge in [0.15, 0.2) is 0 Å². The van der Waals surface area contributed by atoms with E-state index < -0.39 is 17.8 Å². The Morgan fingerprint density at radius 1 is 1.35 bits per heavy atom. The van der Waals surface area contributed by atoms with Gasteiger partial charge < -0.3 is 9.84 Å². The molecule has 1 saturated carbocycles. The summed E-state index contributed by atoms with van der Waals surface area (Å²) in [5.41, 5.74) is 1.38. The molecule has 4 heteroatoms. The van der Waals surface area contributed by atoms with Crippen molar-refractivity contribution in [3.05, 3.63) is 54.1 Å². The maximum atomic E-state index is 12.3. The second-order valence-corrected chi connectivity index (χ2v) is 8.04. The normalized spacial score (nSPS) is 33.6. The number of benzene rings is 1. The average molecular weight is 355 g/mol. The third-order valence-electron chi connectivity index (χ3n) is 6.44. The summed E-state index contributed by atoms with van der Waals surface area (Å²) in [6, 6.07) is 9.23. The Bertz CT molecular complexity index is 726. The predicted molar refractivity (Wildman–Crippen MR) is 104 cm³/mol. The molecule has 140 valence electrons. The number of anilines is 1. The minimum atomic E-state index is -0.936. The van der Waals surface area contributed by atoms with Crippen molar-refractivity contribution in [3.8, 4) is 0 Å². The van der Waals surface area contributed by atoms with Crippen LogP contribution in [-0.2, 0) is 4.74 Å². The summed E-state index contributed by atoms with van der Waals surface area (Å²) in [5, 5.41) is 14.4. The van der Waals surface area contributed by atoms with Crippen LogP contribution in [0.4, 0.5) is 10.5 Å². The van der Waals surface area contributed by atoms with Gasteiger partial charge in [0.05, 0.1) is 5.60 Å². The number of carbonyl (C=O) groups excluding carboxylic acids is 1. The lowest BCUT2D eigenvalue weighted by Gasteiger charge is -2.56. The van der Waals surface area contributed by atoms with Gasteiger partial charge in [-0.05, 0) is 44.4 Å². The molecule has 0 bridgehead atoms. The van der Waals surface area contributed by atoms with E-state index in [9.17, 15) is 9.90 Å². The summed E-state index contributed by atoms with van der Waals surface area (Å²) < 4.78 is 5.69. The van der Waals surface area contributed by atoms with Crippen molar-refractivity contribution in [2.45, 2.75) is 58.2 Å². The number of para-hydroxylation sites is 1. The molecule has 0 radical (unpaired) electrons. The van der Waals surface area contributed by atoms with Gasteiger partial charge in [0, 0.05) is 23.4 Å². The van der Waals surface area contributed by atoms with Gasteiger partial charge >= 0.3 is 6.09 Å². The monoisotopic (exact) mass is 355 g/mol. The van der Waals surface area contributed by atoms with E-state index in [0.29, 0.717) is 12.1 Å². The van der Waals surface area contributed by atoms with E-state index in [2.05, 4.69) is 24.9 Å². The molecule has 2 N–H and O–H groups in total. The Kier molecular flexibility index (Phi) is 4.98. The smallest absolute Gasteiger partial charge is 0.412 e. The first-order valence-corrected chi connectivity index (χ1v) is 9.35. The van der Waals surface area contributed by atoms with Crippen molar-refractivity contribution < 1.29 is 14.6 Å². The molecule has 3 rings (SSSR count). The van der Waals surface area contributed by atoms with E-state index in [4.69, 9.17) is 4.74 Å². The fraction of sp³-hybridized carbons (Fsp3) is 0.500. The third-order valence-corrected chi connectivity index (χ3v) is 6.44. The summed E-state index contributed by atoms with van der Waals surface area (Å²) in [4.78, 5) is 12.3. The maximum absolute atomic E-state index is 12.3. The maximum Gasteiger partial charge on any atom is 0.412 e. The van der Waals surface area contributed by atoms with Crippen LogP contribution < -0.4 is 5.32 Å². The second kappa shape index (κ2) is 6.92. The molecule has 4 atom stereocenters. The molecule has 0 spiro atoms. The highest BCUT2D eigenvalue weighted by Crippen LogP contribution is 2.56. The van der Waals surface area contributed by atoms with Crippen LogP contribution in [0.1, 0.15) is 46.5 Å². The van der Waals surface area contributed by atoms with Crippen LogP contribution in [-0.4, -0.2) is 22.9 Å². The van der Waals surface area contributed by atoms with E-state index in [0.717, 1.165) is 30.4 Å². The highest BCUT2D eigenvalue weighted by Gasteiger charge is 2.56. The molecule has 0 aromatic heterocycles. The molecule has 0 unspecified atom stereocenters. The van der Waals surface area contributed by atoms with Crippen molar-refractivity contribution in [2.75, 3.05) is 5.32 Å². The minimum Gasteiger partial charge on any atom is -0.441 e. The van der Waals surface area contributed by atoms with Gasteiger partial charge in [-0.3, -0.25) is 5.32 Å². The highest BCUT2D eigenvalue weighted by molar-refractivity contribution is 5.84. The number of hydrogen-bond acceptors (Lipinski definition) is 3. The quantitative estimate of drug-likeness (QED) is 0.745. The van der Waals surface area contributed by atoms with E-state index >= 15 is 0 Å². The van der Waals surface area contributed by atoms with E-state index in [1.54, 1.807) is 0 Å². The van der Waals surface area contributed by atoms with E-state index in [1.165, 1.54) is 0 Å². The van der Waals surface area contributed by atoms with Crippen LogP contribution in [0.15, 0.2) is 54.1 Å². The van der Waals surface area contributed by atoms with Crippen LogP contribution >= 0.6 is 0 Å². The standard InChI is InChI=1S/C22H29NO3/c1-15(2)21(4)12-8-9-17-13-16(3)19(14-22(17,21)25)26-20(24)23-18-10-6-5-7-11-18/h5-7,10-11,13,17,19,25H,1,8-9,12,14H2,2-4H3,(H,23,24)/t17-,19+,21+,22+/m0/s1. The average Bonchev–Trinajstić information content (AvgIpc) is 2.58. The van der Waals surface area contributed by atoms with Gasteiger partial charge in [-0.25, -0.2) is 4.79 Å². The van der Waals surface area contributed by atoms with Crippen LogP contribution in [0.5, 0.6) is 0 Å². The van der Waals surface area contributed by atoms with Crippen LogP contribution in [0.3, 0.4) is 0 Å². The molecule has 26 heavy (non-hydrogen) atoms. The molecule has 1 aromatic carbocycles. The molecular weight excluding hydrogens is 326 g/mol. The molecule has 2 aliphatic rings. The van der Waals surface area contributed by atoms with Crippen molar-refractivity contribution >= 4 is 11.8 Å². The second-order valence-electron chi connectivity index (χ2n) is 8.04. The summed E-state index contributed by atoms with van der Waals surface area (Å²) >= 11 is 0. The number of ether oxygens (including phenoxy) is 1. The number of aliphatic hydroxyl groups is 1. The summed E-state index contributed by atoms with van der Waals surface area (Å²) in [6.07, 6.45) is 4.52. The largest absolute Gasteiger partial charge is 0.441 e. The first kappa shape index (κ1) is 18.7. The molecule has 0 heterocycles. The van der Waals surface area contributed by atoms with Crippen molar-refractivity contribution in [1.29, 1.82) is 0 Å². The van der Waals surface area contributed by atoms with Gasteiger partial charge in [-0.1, -0.05) is 49.8 Å². The molecule has 1 amide bonds. The summed E-state index contributed by atoms with van der Waals surface area (Å²) in [6.45, 7) is 10.2. The minimum absolute atomic E-state index is 0.0787. The number of nitrogens with one attached hydrogen (secondary N) is 1. The zero-order valence-electron chi connectivity index (χ0n) is 15.9. The number of rotatable bonds is 3. The van der Waals surface area contributed by atoms with E-state index in [1.807, 2.05) is 44.2 Å². The Morgan fingerprint density at radius 2 is 2.04 bits per heavy atom. The van der Waals surface area contributed by atoms with Gasteiger partial charge in [0.1, 0.15) is 6.10 Å². The first-order chi connectivity index (χ1) is 12.3. The topological polar surface area (TPSA) is 58.6 Å². The molecule has 4 nitrogen and oxygen atoms in total. The van der Waals surface area contributed by atoms with Gasteiger partial charge in [0.2, 0.25) is 0 Å². The molecule has 1 fully saturated rings. The zero-order chi connectivity index (χ0) is 18.9. The highest BCUT2D eigenvalue weighted by atomic mass is 16.6. The number of hydrogen-bond donors (Lipinski definition) is 2. The van der Waals surface area contributed by atoms with Crippen molar-refractivity contribution in [2.24, 2.45) is 11.3 Å². The summed E-state index contributed by atoms with van der Waals surface area (Å²) in [5.74, 6) is 0.0787. The molecule has 2 aliphatic carbocycles. The zero-order valence-corrected chi connectivity index (χ0v) is 15.9. The van der Waals surface area contributed by atoms with Crippen molar-refractivity contribution in [3.63, 3.8) is 0 Å². The first-order valence-electron chi connectivity index (χ1n) is 9.35. The fourth-order valence-electron chi connectivity index (χ4n) is 4.52. The lowest BCUT2D eigenvalue weighted by atomic mass is 9.53. The Morgan fingerprint density at radius 3 is 2.69 bits per heavy atom. The third kappa shape index (κ3) is 3.18. The molecular formula is C22H29NO3. The predicted octanol–water partition coefficient (Wildman–Crippen LogP) is 5.07. The fourth-order valence-corrected chi connectivity index (χ4v) is 4.52. The van der Waals surface area contributed by atoms with Crippen LogP contribution in [0, 0.1) is 11.3 Å². The van der Waals surface area contributed by atoms with Crippen LogP contribution in [0.25, 0.3) is 0 Å². The Hall–Kier alpha value is -2.07. The van der Waals surface area contributed by atoms with E-state index in [-0.39, 0.29) is 11.3 Å². The van der Waals surface area contributed by atoms with Crippen molar-refractivity contribution in [1.82, 2.24) is 0 Å². The Balaban J connectivity index is 1.79. The molecule has 0 saturated heterocycles. The lowest BCUT2D eigenvalue weighted by Crippen LogP contribution is -2.58. The van der Waals surface area contributed by atoms with Gasteiger partial charge in [0.25, 0.3) is 0 Å². The molecule has 0 aliphatic heterocycles. The Labute approximate surface area is 155 Å². The van der Waals surface area contributed by atoms with Crippen LogP contribution in [0.2, 0.25) is 0 Å². The number of fused-ring (bicyclic) bond motifs is 1.